The maximum Gasteiger partial charge on any atom is 0.326 e. The number of ether oxygens (including phenoxy) is 1. The lowest BCUT2D eigenvalue weighted by Gasteiger charge is -2.03. The molecule has 0 aliphatic heterocycles. The molecule has 2 aromatic heterocycles. The third kappa shape index (κ3) is 3.25. The molecule has 0 spiro atoms. The van der Waals surface area contributed by atoms with Crippen molar-refractivity contribution in [2.45, 2.75) is 6.54 Å². The minimum Gasteiger partial charge on any atom is -0.497 e. The Balaban J connectivity index is 1.45. The molecule has 1 amide bonds. The number of aromatic nitrogens is 5. The summed E-state index contributed by atoms with van der Waals surface area (Å²) in [4.78, 5) is 31.2. The van der Waals surface area contributed by atoms with Gasteiger partial charge in [0.05, 0.1) is 24.7 Å². The van der Waals surface area contributed by atoms with Gasteiger partial charge in [-0.1, -0.05) is 0 Å². The minimum absolute atomic E-state index is 0.200. The summed E-state index contributed by atoms with van der Waals surface area (Å²) in [6, 6.07) is 12.4. The predicted octanol–water partition coefficient (Wildman–Crippen LogP) is 1.59. The van der Waals surface area contributed by atoms with Crippen LogP contribution < -0.4 is 15.7 Å². The Morgan fingerprint density at radius 3 is 2.75 bits per heavy atom. The number of nitrogens with zero attached hydrogens (tertiary/aromatic N) is 3. The molecule has 0 atom stereocenters. The number of methoxy groups -OCH3 is 1. The molecule has 4 aromatic rings. The summed E-state index contributed by atoms with van der Waals surface area (Å²) in [7, 11) is 3.28. The van der Waals surface area contributed by atoms with Crippen molar-refractivity contribution in [2.75, 3.05) is 7.11 Å². The normalized spacial score (nSPS) is 10.9. The van der Waals surface area contributed by atoms with Gasteiger partial charge >= 0.3 is 5.69 Å². The standard InChI is InChI=1S/C19H18N6O3/c1-25-15-8-5-12(9-14(15)21-19(25)27)18(26)20-10-16-22-17(24-23-16)11-3-6-13(28-2)7-4-11/h3-9H,10H2,1-2H3,(H,20,26)(H,21,27)(H,22,23,24). The first kappa shape index (κ1) is 17.5. The predicted molar refractivity (Wildman–Crippen MR) is 103 cm³/mol. The molecule has 0 saturated heterocycles. The van der Waals surface area contributed by atoms with E-state index in [1.807, 2.05) is 24.3 Å². The second-order valence-electron chi connectivity index (χ2n) is 6.24. The maximum absolute atomic E-state index is 12.4. The number of aryl methyl sites for hydroxylation is 1. The van der Waals surface area contributed by atoms with Crippen molar-refractivity contribution in [3.05, 3.63) is 64.3 Å². The number of aromatic amines is 2. The fourth-order valence-electron chi connectivity index (χ4n) is 2.89. The number of nitrogens with one attached hydrogen (secondary N) is 3. The molecule has 9 nitrogen and oxygen atoms in total. The fraction of sp³-hybridized carbons (Fsp3) is 0.158. The van der Waals surface area contributed by atoms with E-state index >= 15 is 0 Å². The molecule has 0 bridgehead atoms. The largest absolute Gasteiger partial charge is 0.497 e. The van der Waals surface area contributed by atoms with E-state index in [0.29, 0.717) is 22.7 Å². The second kappa shape index (κ2) is 7.03. The summed E-state index contributed by atoms with van der Waals surface area (Å²) < 4.78 is 6.63. The highest BCUT2D eigenvalue weighted by Crippen LogP contribution is 2.19. The van der Waals surface area contributed by atoms with E-state index in [9.17, 15) is 9.59 Å². The number of carbonyl (C=O) groups is 1. The quantitative estimate of drug-likeness (QED) is 0.487. The van der Waals surface area contributed by atoms with Crippen LogP contribution in [-0.4, -0.2) is 37.7 Å². The van der Waals surface area contributed by atoms with E-state index in [2.05, 4.69) is 25.5 Å². The van der Waals surface area contributed by atoms with Crippen molar-refractivity contribution in [3.8, 4) is 17.1 Å². The molecule has 0 saturated carbocycles. The van der Waals surface area contributed by atoms with E-state index in [-0.39, 0.29) is 18.1 Å². The molecular weight excluding hydrogens is 360 g/mol. The molecule has 2 heterocycles. The number of rotatable bonds is 5. The average Bonchev–Trinajstić information content (AvgIpc) is 3.30. The summed E-state index contributed by atoms with van der Waals surface area (Å²) in [5, 5.41) is 9.79. The molecule has 142 valence electrons. The molecule has 28 heavy (non-hydrogen) atoms. The lowest BCUT2D eigenvalue weighted by atomic mass is 10.2. The van der Waals surface area contributed by atoms with Gasteiger partial charge in [0.1, 0.15) is 11.6 Å². The number of carbonyl (C=O) groups excluding carboxylic acids is 1. The third-order valence-corrected chi connectivity index (χ3v) is 4.46. The Morgan fingerprint density at radius 1 is 1.21 bits per heavy atom. The molecule has 2 aromatic carbocycles. The Hall–Kier alpha value is -3.88. The zero-order valence-electron chi connectivity index (χ0n) is 15.3. The molecule has 0 aliphatic carbocycles. The van der Waals surface area contributed by atoms with E-state index in [0.717, 1.165) is 16.8 Å². The van der Waals surface area contributed by atoms with Crippen molar-refractivity contribution < 1.29 is 9.53 Å². The summed E-state index contributed by atoms with van der Waals surface area (Å²) in [6.07, 6.45) is 0. The summed E-state index contributed by atoms with van der Waals surface area (Å²) >= 11 is 0. The van der Waals surface area contributed by atoms with Gasteiger partial charge in [-0.25, -0.2) is 9.78 Å². The molecular formula is C19H18N6O3. The smallest absolute Gasteiger partial charge is 0.326 e. The van der Waals surface area contributed by atoms with Crippen molar-refractivity contribution in [2.24, 2.45) is 7.05 Å². The van der Waals surface area contributed by atoms with Crippen LogP contribution in [-0.2, 0) is 13.6 Å². The maximum atomic E-state index is 12.4. The van der Waals surface area contributed by atoms with Crippen LogP contribution in [0.15, 0.2) is 47.3 Å². The summed E-state index contributed by atoms with van der Waals surface area (Å²) in [5.74, 6) is 1.56. The molecule has 3 N–H and O–H groups in total. The van der Waals surface area contributed by atoms with Gasteiger partial charge < -0.3 is 15.0 Å². The van der Waals surface area contributed by atoms with Crippen LogP contribution in [0.3, 0.4) is 0 Å². The Morgan fingerprint density at radius 2 is 2.00 bits per heavy atom. The average molecular weight is 378 g/mol. The first-order valence-corrected chi connectivity index (χ1v) is 8.58. The van der Waals surface area contributed by atoms with Crippen molar-refractivity contribution in [1.29, 1.82) is 0 Å². The second-order valence-corrected chi connectivity index (χ2v) is 6.24. The Kier molecular flexibility index (Phi) is 4.40. The molecule has 9 heteroatoms. The molecule has 0 fully saturated rings. The van der Waals surface area contributed by atoms with E-state index < -0.39 is 0 Å². The summed E-state index contributed by atoms with van der Waals surface area (Å²) in [5.41, 5.74) is 2.42. The number of hydrogen-bond acceptors (Lipinski definition) is 5. The topological polar surface area (TPSA) is 118 Å². The van der Waals surface area contributed by atoms with Crippen LogP contribution in [0, 0.1) is 0 Å². The van der Waals surface area contributed by atoms with E-state index in [1.165, 1.54) is 4.57 Å². The molecule has 0 aliphatic rings. The SMILES string of the molecule is COc1ccc(-c2n[nH]c(CNC(=O)c3ccc4c(c3)[nH]c(=O)n4C)n2)cc1. The fourth-order valence-corrected chi connectivity index (χ4v) is 2.89. The summed E-state index contributed by atoms with van der Waals surface area (Å²) in [6.45, 7) is 0.200. The zero-order chi connectivity index (χ0) is 19.7. The minimum atomic E-state index is -0.269. The van der Waals surface area contributed by atoms with Gasteiger partial charge in [0.15, 0.2) is 5.82 Å². The van der Waals surface area contributed by atoms with Gasteiger partial charge in [-0.15, -0.1) is 0 Å². The van der Waals surface area contributed by atoms with Gasteiger partial charge in [-0.3, -0.25) is 14.5 Å². The van der Waals surface area contributed by atoms with Crippen molar-refractivity contribution in [3.63, 3.8) is 0 Å². The Labute approximate surface area is 159 Å². The molecule has 0 unspecified atom stereocenters. The number of imidazole rings is 1. The number of amides is 1. The van der Waals surface area contributed by atoms with Crippen LogP contribution in [0.2, 0.25) is 0 Å². The lowest BCUT2D eigenvalue weighted by molar-refractivity contribution is 0.0950. The van der Waals surface area contributed by atoms with Crippen LogP contribution in [0.4, 0.5) is 0 Å². The van der Waals surface area contributed by atoms with Crippen LogP contribution in [0.1, 0.15) is 16.2 Å². The molecule has 4 rings (SSSR count). The Bertz CT molecular complexity index is 1200. The first-order valence-electron chi connectivity index (χ1n) is 8.58. The van der Waals surface area contributed by atoms with Gasteiger partial charge in [0.25, 0.3) is 5.91 Å². The van der Waals surface area contributed by atoms with Gasteiger partial charge in [-0.2, -0.15) is 5.10 Å². The van der Waals surface area contributed by atoms with Gasteiger partial charge in [0.2, 0.25) is 0 Å². The molecule has 0 radical (unpaired) electrons. The number of benzene rings is 2. The lowest BCUT2D eigenvalue weighted by Crippen LogP contribution is -2.23. The van der Waals surface area contributed by atoms with Crippen molar-refractivity contribution >= 4 is 16.9 Å². The monoisotopic (exact) mass is 378 g/mol. The highest BCUT2D eigenvalue weighted by molar-refractivity contribution is 5.97. The van der Waals surface area contributed by atoms with Crippen molar-refractivity contribution in [1.82, 2.24) is 30.0 Å². The highest BCUT2D eigenvalue weighted by atomic mass is 16.5. The number of hydrogen-bond donors (Lipinski definition) is 3. The van der Waals surface area contributed by atoms with E-state index in [1.54, 1.807) is 32.4 Å². The first-order chi connectivity index (χ1) is 13.5. The highest BCUT2D eigenvalue weighted by Gasteiger charge is 2.11. The zero-order valence-corrected chi connectivity index (χ0v) is 15.3. The van der Waals surface area contributed by atoms with Crippen LogP contribution in [0.25, 0.3) is 22.4 Å². The third-order valence-electron chi connectivity index (χ3n) is 4.46. The number of H-pyrrole nitrogens is 2. The van der Waals surface area contributed by atoms with Crippen LogP contribution >= 0.6 is 0 Å². The number of fused-ring (bicyclic) bond motifs is 1. The van der Waals surface area contributed by atoms with Gasteiger partial charge in [0, 0.05) is 18.2 Å². The van der Waals surface area contributed by atoms with Crippen LogP contribution in [0.5, 0.6) is 5.75 Å². The van der Waals surface area contributed by atoms with Gasteiger partial charge in [-0.05, 0) is 42.5 Å². The van der Waals surface area contributed by atoms with E-state index in [4.69, 9.17) is 4.74 Å².